The van der Waals surface area contributed by atoms with Crippen LogP contribution in [-0.2, 0) is 6.42 Å². The first kappa shape index (κ1) is 15.6. The third kappa shape index (κ3) is 4.67. The molecule has 106 valence electrons. The summed E-state index contributed by atoms with van der Waals surface area (Å²) in [6.07, 6.45) is 2.17. The number of hydrogen-bond acceptors (Lipinski definition) is 1. The van der Waals surface area contributed by atoms with Crippen LogP contribution in [0.15, 0.2) is 42.5 Å². The zero-order chi connectivity index (χ0) is 14.5. The second kappa shape index (κ2) is 7.32. The van der Waals surface area contributed by atoms with Crippen LogP contribution in [0, 0.1) is 10.5 Å². The van der Waals surface area contributed by atoms with Gasteiger partial charge in [-0.05, 0) is 73.0 Å². The molecule has 1 N–H and O–H groups in total. The van der Waals surface area contributed by atoms with E-state index in [1.54, 1.807) is 0 Å². The maximum atomic E-state index is 6.24. The van der Waals surface area contributed by atoms with Gasteiger partial charge >= 0.3 is 0 Å². The predicted molar refractivity (Wildman–Crippen MR) is 96.8 cm³/mol. The van der Waals surface area contributed by atoms with Crippen molar-refractivity contribution >= 4 is 39.9 Å². The first-order valence-corrected chi connectivity index (χ1v) is 8.27. The van der Waals surface area contributed by atoms with Crippen molar-refractivity contribution in [3.63, 3.8) is 0 Å². The fraction of sp³-hybridized carbons (Fsp3) is 0.294. The van der Waals surface area contributed by atoms with E-state index >= 15 is 0 Å². The number of halogens is 2. The lowest BCUT2D eigenvalue weighted by molar-refractivity contribution is 0.706. The van der Waals surface area contributed by atoms with E-state index in [2.05, 4.69) is 72.1 Å². The SMILES string of the molecule is Cc1cccc(CCC(C)Nc2ccc(I)cc2Cl)c1. The van der Waals surface area contributed by atoms with Gasteiger partial charge in [-0.1, -0.05) is 41.4 Å². The topological polar surface area (TPSA) is 12.0 Å². The van der Waals surface area contributed by atoms with Gasteiger partial charge in [0, 0.05) is 9.61 Å². The molecular formula is C17H19ClIN. The molecule has 2 rings (SSSR count). The van der Waals surface area contributed by atoms with Gasteiger partial charge in [-0.15, -0.1) is 0 Å². The molecule has 3 heteroatoms. The minimum absolute atomic E-state index is 0.396. The van der Waals surface area contributed by atoms with Crippen LogP contribution in [0.25, 0.3) is 0 Å². The van der Waals surface area contributed by atoms with Crippen LogP contribution in [0.3, 0.4) is 0 Å². The monoisotopic (exact) mass is 399 g/mol. The van der Waals surface area contributed by atoms with E-state index in [0.717, 1.165) is 27.1 Å². The summed E-state index contributed by atoms with van der Waals surface area (Å²) >= 11 is 8.52. The zero-order valence-corrected chi connectivity index (χ0v) is 14.7. The summed E-state index contributed by atoms with van der Waals surface area (Å²) in [6.45, 7) is 4.33. The van der Waals surface area contributed by atoms with Crippen molar-refractivity contribution in [2.24, 2.45) is 0 Å². The molecule has 0 saturated carbocycles. The Morgan fingerprint density at radius 2 is 2.00 bits per heavy atom. The molecule has 0 saturated heterocycles. The summed E-state index contributed by atoms with van der Waals surface area (Å²) in [5.74, 6) is 0. The van der Waals surface area contributed by atoms with E-state index in [-0.39, 0.29) is 0 Å². The van der Waals surface area contributed by atoms with E-state index in [0.29, 0.717) is 6.04 Å². The van der Waals surface area contributed by atoms with E-state index in [1.165, 1.54) is 11.1 Å². The number of nitrogens with one attached hydrogen (secondary N) is 1. The van der Waals surface area contributed by atoms with E-state index in [9.17, 15) is 0 Å². The molecule has 2 aromatic rings. The third-order valence-electron chi connectivity index (χ3n) is 3.28. The third-order valence-corrected chi connectivity index (χ3v) is 4.27. The molecule has 0 spiro atoms. The molecule has 0 aliphatic carbocycles. The van der Waals surface area contributed by atoms with Crippen molar-refractivity contribution in [1.82, 2.24) is 0 Å². The van der Waals surface area contributed by atoms with Gasteiger partial charge in [-0.3, -0.25) is 0 Å². The van der Waals surface area contributed by atoms with Gasteiger partial charge in [0.2, 0.25) is 0 Å². The highest BCUT2D eigenvalue weighted by Gasteiger charge is 2.06. The number of hydrogen-bond donors (Lipinski definition) is 1. The molecule has 0 bridgehead atoms. The predicted octanol–water partition coefficient (Wildman–Crippen LogP) is 5.69. The quantitative estimate of drug-likeness (QED) is 0.637. The van der Waals surface area contributed by atoms with Crippen molar-refractivity contribution in [3.8, 4) is 0 Å². The Kier molecular flexibility index (Phi) is 5.73. The largest absolute Gasteiger partial charge is 0.381 e. The number of aryl methyl sites for hydroxylation is 2. The summed E-state index contributed by atoms with van der Waals surface area (Å²) in [7, 11) is 0. The first-order chi connectivity index (χ1) is 9.54. The van der Waals surface area contributed by atoms with E-state index in [1.807, 2.05) is 12.1 Å². The number of benzene rings is 2. The normalized spacial score (nSPS) is 12.2. The van der Waals surface area contributed by atoms with Gasteiger partial charge in [-0.25, -0.2) is 0 Å². The molecule has 0 aliphatic rings. The summed E-state index contributed by atoms with van der Waals surface area (Å²) in [6, 6.07) is 15.2. The molecule has 0 aliphatic heterocycles. The van der Waals surface area contributed by atoms with Crippen molar-refractivity contribution in [2.45, 2.75) is 32.7 Å². The highest BCUT2D eigenvalue weighted by Crippen LogP contribution is 2.25. The Morgan fingerprint density at radius 1 is 1.20 bits per heavy atom. The molecule has 0 aromatic heterocycles. The van der Waals surface area contributed by atoms with Crippen LogP contribution in [0.2, 0.25) is 5.02 Å². The highest BCUT2D eigenvalue weighted by molar-refractivity contribution is 14.1. The minimum Gasteiger partial charge on any atom is -0.381 e. The Bertz CT molecular complexity index is 583. The van der Waals surface area contributed by atoms with Gasteiger partial charge in [0.05, 0.1) is 10.7 Å². The van der Waals surface area contributed by atoms with Gasteiger partial charge in [0.1, 0.15) is 0 Å². The molecule has 20 heavy (non-hydrogen) atoms. The van der Waals surface area contributed by atoms with Crippen LogP contribution in [-0.4, -0.2) is 6.04 Å². The van der Waals surface area contributed by atoms with Crippen LogP contribution in [0.5, 0.6) is 0 Å². The number of rotatable bonds is 5. The van der Waals surface area contributed by atoms with E-state index in [4.69, 9.17) is 11.6 Å². The summed E-state index contributed by atoms with van der Waals surface area (Å²) < 4.78 is 1.16. The maximum Gasteiger partial charge on any atom is 0.0648 e. The van der Waals surface area contributed by atoms with Crippen molar-refractivity contribution < 1.29 is 0 Å². The fourth-order valence-electron chi connectivity index (χ4n) is 2.19. The Labute approximate surface area is 139 Å². The van der Waals surface area contributed by atoms with Crippen LogP contribution >= 0.6 is 34.2 Å². The van der Waals surface area contributed by atoms with E-state index < -0.39 is 0 Å². The van der Waals surface area contributed by atoms with Crippen LogP contribution in [0.1, 0.15) is 24.5 Å². The molecule has 0 radical (unpaired) electrons. The van der Waals surface area contributed by atoms with Crippen molar-refractivity contribution in [2.75, 3.05) is 5.32 Å². The molecule has 0 heterocycles. The molecule has 2 aromatic carbocycles. The molecule has 1 nitrogen and oxygen atoms in total. The number of anilines is 1. The smallest absolute Gasteiger partial charge is 0.0648 e. The Morgan fingerprint density at radius 3 is 2.70 bits per heavy atom. The molecular weight excluding hydrogens is 381 g/mol. The van der Waals surface area contributed by atoms with Gasteiger partial charge in [-0.2, -0.15) is 0 Å². The lowest BCUT2D eigenvalue weighted by Gasteiger charge is -2.16. The average molecular weight is 400 g/mol. The second-order valence-electron chi connectivity index (χ2n) is 5.20. The summed E-state index contributed by atoms with van der Waals surface area (Å²) in [5, 5.41) is 4.28. The van der Waals surface area contributed by atoms with Gasteiger partial charge < -0.3 is 5.32 Å². The summed E-state index contributed by atoms with van der Waals surface area (Å²) in [5.41, 5.74) is 3.74. The molecule has 1 atom stereocenters. The molecule has 0 fully saturated rings. The highest BCUT2D eigenvalue weighted by atomic mass is 127. The zero-order valence-electron chi connectivity index (χ0n) is 11.8. The standard InChI is InChI=1S/C17H19ClIN/c1-12-4-3-5-14(10-12)7-6-13(2)20-17-9-8-15(19)11-16(17)18/h3-5,8-11,13,20H,6-7H2,1-2H3. The first-order valence-electron chi connectivity index (χ1n) is 6.82. The minimum atomic E-state index is 0.396. The maximum absolute atomic E-state index is 6.24. The van der Waals surface area contributed by atoms with Crippen LogP contribution < -0.4 is 5.32 Å². The second-order valence-corrected chi connectivity index (χ2v) is 6.85. The van der Waals surface area contributed by atoms with Gasteiger partial charge in [0.25, 0.3) is 0 Å². The average Bonchev–Trinajstić information content (AvgIpc) is 2.40. The van der Waals surface area contributed by atoms with Crippen molar-refractivity contribution in [3.05, 3.63) is 62.2 Å². The lowest BCUT2D eigenvalue weighted by Crippen LogP contribution is -2.16. The Hall–Kier alpha value is -0.740. The lowest BCUT2D eigenvalue weighted by atomic mass is 10.0. The summed E-state index contributed by atoms with van der Waals surface area (Å²) in [4.78, 5) is 0. The molecule has 0 amide bonds. The van der Waals surface area contributed by atoms with Crippen LogP contribution in [0.4, 0.5) is 5.69 Å². The van der Waals surface area contributed by atoms with Gasteiger partial charge in [0.15, 0.2) is 0 Å². The Balaban J connectivity index is 1.90. The fourth-order valence-corrected chi connectivity index (χ4v) is 3.11. The van der Waals surface area contributed by atoms with Crippen molar-refractivity contribution in [1.29, 1.82) is 0 Å². The molecule has 1 unspecified atom stereocenters.